The number of phenolic OH excluding ortho intramolecular Hbond substituents is 1. The average molecular weight is 239 g/mol. The van der Waals surface area contributed by atoms with E-state index >= 15 is 0 Å². The largest absolute Gasteiger partial charge is 0.508 e. The topological polar surface area (TPSA) is 92.8 Å². The van der Waals surface area contributed by atoms with E-state index in [1.165, 1.54) is 19.2 Å². The number of benzene rings is 1. The van der Waals surface area contributed by atoms with Crippen molar-refractivity contribution in [3.05, 3.63) is 23.3 Å². The first-order chi connectivity index (χ1) is 8.10. The molecule has 0 aliphatic rings. The second kappa shape index (κ2) is 6.10. The summed E-state index contributed by atoms with van der Waals surface area (Å²) in [5.74, 6) is -0.844. The van der Waals surface area contributed by atoms with Crippen LogP contribution in [0.1, 0.15) is 28.8 Å². The summed E-state index contributed by atoms with van der Waals surface area (Å²) in [5, 5.41) is 18.7. The summed E-state index contributed by atoms with van der Waals surface area (Å²) in [6.45, 7) is 0.586. The van der Waals surface area contributed by atoms with Crippen molar-refractivity contribution in [2.75, 3.05) is 13.7 Å². The number of aromatic carboxylic acids is 1. The van der Waals surface area contributed by atoms with Crippen molar-refractivity contribution in [1.29, 1.82) is 0 Å². The molecule has 1 aromatic rings. The Morgan fingerprint density at radius 2 is 2.12 bits per heavy atom. The summed E-state index contributed by atoms with van der Waals surface area (Å²) in [4.78, 5) is 11.0. The molecule has 0 heterocycles. The van der Waals surface area contributed by atoms with Gasteiger partial charge in [0, 0.05) is 6.07 Å². The molecule has 17 heavy (non-hydrogen) atoms. The van der Waals surface area contributed by atoms with E-state index in [0.717, 1.165) is 12.8 Å². The SMILES string of the molecule is COc1cc(O)c(CCCCN)cc1C(=O)O. The maximum absolute atomic E-state index is 11.0. The number of methoxy groups -OCH3 is 1. The summed E-state index contributed by atoms with van der Waals surface area (Å²) >= 11 is 0. The highest BCUT2D eigenvalue weighted by molar-refractivity contribution is 5.91. The smallest absolute Gasteiger partial charge is 0.339 e. The number of nitrogens with two attached hydrogens (primary N) is 1. The first-order valence-corrected chi connectivity index (χ1v) is 5.43. The number of hydrogen-bond donors (Lipinski definition) is 3. The Labute approximate surface area is 99.8 Å². The molecule has 0 fully saturated rings. The minimum absolute atomic E-state index is 0.0591. The highest BCUT2D eigenvalue weighted by atomic mass is 16.5. The first-order valence-electron chi connectivity index (χ1n) is 5.43. The monoisotopic (exact) mass is 239 g/mol. The molecule has 1 aromatic carbocycles. The first kappa shape index (κ1) is 13.3. The molecule has 0 aliphatic heterocycles. The van der Waals surface area contributed by atoms with Gasteiger partial charge in [0.2, 0.25) is 0 Å². The minimum Gasteiger partial charge on any atom is -0.508 e. The molecule has 0 atom stereocenters. The van der Waals surface area contributed by atoms with Crippen molar-refractivity contribution >= 4 is 5.97 Å². The van der Waals surface area contributed by atoms with Crippen LogP contribution in [0.3, 0.4) is 0 Å². The Balaban J connectivity index is 2.98. The fourth-order valence-electron chi connectivity index (χ4n) is 1.61. The van der Waals surface area contributed by atoms with Crippen LogP contribution in [0.4, 0.5) is 0 Å². The fourth-order valence-corrected chi connectivity index (χ4v) is 1.61. The number of aryl methyl sites for hydroxylation is 1. The number of rotatable bonds is 6. The van der Waals surface area contributed by atoms with E-state index in [1.807, 2.05) is 0 Å². The molecule has 0 amide bonds. The summed E-state index contributed by atoms with van der Waals surface area (Å²) in [5.41, 5.74) is 6.05. The van der Waals surface area contributed by atoms with Crippen molar-refractivity contribution in [3.63, 3.8) is 0 Å². The van der Waals surface area contributed by atoms with Gasteiger partial charge in [0.1, 0.15) is 17.1 Å². The van der Waals surface area contributed by atoms with Crippen molar-refractivity contribution in [2.45, 2.75) is 19.3 Å². The van der Waals surface area contributed by atoms with Crippen molar-refractivity contribution in [2.24, 2.45) is 5.73 Å². The van der Waals surface area contributed by atoms with E-state index in [0.29, 0.717) is 18.5 Å². The molecule has 0 saturated carbocycles. The van der Waals surface area contributed by atoms with Crippen LogP contribution in [0.15, 0.2) is 12.1 Å². The molecular formula is C12H17NO4. The van der Waals surface area contributed by atoms with Gasteiger partial charge in [-0.25, -0.2) is 4.79 Å². The van der Waals surface area contributed by atoms with Gasteiger partial charge in [-0.1, -0.05) is 0 Å². The maximum Gasteiger partial charge on any atom is 0.339 e. The van der Waals surface area contributed by atoms with Crippen LogP contribution in [-0.2, 0) is 6.42 Å². The van der Waals surface area contributed by atoms with Gasteiger partial charge in [-0.2, -0.15) is 0 Å². The van der Waals surface area contributed by atoms with E-state index < -0.39 is 5.97 Å². The van der Waals surface area contributed by atoms with Gasteiger partial charge in [-0.3, -0.25) is 0 Å². The zero-order valence-electron chi connectivity index (χ0n) is 9.77. The van der Waals surface area contributed by atoms with Crippen LogP contribution in [0.5, 0.6) is 11.5 Å². The van der Waals surface area contributed by atoms with Crippen LogP contribution in [-0.4, -0.2) is 29.8 Å². The number of carboxylic acids is 1. The molecule has 0 aliphatic carbocycles. The van der Waals surface area contributed by atoms with Crippen molar-refractivity contribution in [1.82, 2.24) is 0 Å². The molecule has 94 valence electrons. The molecular weight excluding hydrogens is 222 g/mol. The number of aromatic hydroxyl groups is 1. The molecule has 0 saturated heterocycles. The molecule has 1 rings (SSSR count). The van der Waals surface area contributed by atoms with E-state index in [2.05, 4.69) is 0 Å². The minimum atomic E-state index is -1.07. The molecule has 0 spiro atoms. The lowest BCUT2D eigenvalue weighted by molar-refractivity contribution is 0.0693. The molecule has 4 N–H and O–H groups in total. The van der Waals surface area contributed by atoms with Gasteiger partial charge in [0.05, 0.1) is 7.11 Å². The summed E-state index contributed by atoms with van der Waals surface area (Å²) in [6, 6.07) is 2.79. The lowest BCUT2D eigenvalue weighted by atomic mass is 10.0. The van der Waals surface area contributed by atoms with Gasteiger partial charge in [-0.15, -0.1) is 0 Å². The molecule has 0 aromatic heterocycles. The highest BCUT2D eigenvalue weighted by Gasteiger charge is 2.14. The lowest BCUT2D eigenvalue weighted by Crippen LogP contribution is -2.03. The number of ether oxygens (including phenoxy) is 1. The molecule has 5 nitrogen and oxygen atoms in total. The molecule has 0 bridgehead atoms. The predicted octanol–water partition coefficient (Wildman–Crippen LogP) is 1.38. The van der Waals surface area contributed by atoms with Gasteiger partial charge in [0.25, 0.3) is 0 Å². The summed E-state index contributed by atoms with van der Waals surface area (Å²) < 4.78 is 4.91. The summed E-state index contributed by atoms with van der Waals surface area (Å²) in [7, 11) is 1.37. The van der Waals surface area contributed by atoms with E-state index in [4.69, 9.17) is 15.6 Å². The fraction of sp³-hybridized carbons (Fsp3) is 0.417. The van der Waals surface area contributed by atoms with Gasteiger partial charge in [0.15, 0.2) is 0 Å². The number of hydrogen-bond acceptors (Lipinski definition) is 4. The van der Waals surface area contributed by atoms with E-state index in [1.54, 1.807) is 0 Å². The zero-order chi connectivity index (χ0) is 12.8. The van der Waals surface area contributed by atoms with Crippen molar-refractivity contribution in [3.8, 4) is 11.5 Å². The highest BCUT2D eigenvalue weighted by Crippen LogP contribution is 2.29. The van der Waals surface area contributed by atoms with Crippen LogP contribution in [0.25, 0.3) is 0 Å². The second-order valence-corrected chi connectivity index (χ2v) is 3.73. The standard InChI is InChI=1S/C12H17NO4/c1-17-11-7-10(14)8(4-2-3-5-13)6-9(11)12(15)16/h6-7,14H,2-5,13H2,1H3,(H,15,16). The van der Waals surface area contributed by atoms with Crippen molar-refractivity contribution < 1.29 is 19.7 Å². The van der Waals surface area contributed by atoms with Crippen LogP contribution >= 0.6 is 0 Å². The lowest BCUT2D eigenvalue weighted by Gasteiger charge is -2.10. The van der Waals surface area contributed by atoms with Gasteiger partial charge >= 0.3 is 5.97 Å². The average Bonchev–Trinajstić information content (AvgIpc) is 2.30. The van der Waals surface area contributed by atoms with E-state index in [-0.39, 0.29) is 17.1 Å². The summed E-state index contributed by atoms with van der Waals surface area (Å²) in [6.07, 6.45) is 2.26. The Bertz CT molecular complexity index is 404. The normalized spacial score (nSPS) is 10.2. The maximum atomic E-state index is 11.0. The quantitative estimate of drug-likeness (QED) is 0.652. The third-order valence-electron chi connectivity index (χ3n) is 2.53. The number of carboxylic acid groups (broad SMARTS) is 1. The zero-order valence-corrected chi connectivity index (χ0v) is 9.77. The number of phenols is 1. The Morgan fingerprint density at radius 3 is 2.65 bits per heavy atom. The van der Waals surface area contributed by atoms with Crippen LogP contribution in [0, 0.1) is 0 Å². The molecule has 0 radical (unpaired) electrons. The molecule has 0 unspecified atom stereocenters. The Morgan fingerprint density at radius 1 is 1.41 bits per heavy atom. The number of carbonyl (C=O) groups is 1. The third kappa shape index (κ3) is 3.35. The van der Waals surface area contributed by atoms with E-state index in [9.17, 15) is 9.90 Å². The number of unbranched alkanes of at least 4 members (excludes halogenated alkanes) is 1. The second-order valence-electron chi connectivity index (χ2n) is 3.73. The van der Waals surface area contributed by atoms with Crippen LogP contribution in [0.2, 0.25) is 0 Å². The Kier molecular flexibility index (Phi) is 4.78. The Hall–Kier alpha value is -1.75. The predicted molar refractivity (Wildman–Crippen MR) is 63.6 cm³/mol. The third-order valence-corrected chi connectivity index (χ3v) is 2.53. The van der Waals surface area contributed by atoms with Gasteiger partial charge in [-0.05, 0) is 37.4 Å². The molecule has 5 heteroatoms. The van der Waals surface area contributed by atoms with Gasteiger partial charge < -0.3 is 20.7 Å². The van der Waals surface area contributed by atoms with Crippen LogP contribution < -0.4 is 10.5 Å².